The zero-order valence-corrected chi connectivity index (χ0v) is 16.8. The van der Waals surface area contributed by atoms with Gasteiger partial charge < -0.3 is 4.90 Å². The fraction of sp³-hybridized carbons (Fsp3) is 0.350. The molecule has 0 radical (unpaired) electrons. The highest BCUT2D eigenvalue weighted by molar-refractivity contribution is 7.89. The molecular formula is C20H21F3N2O3S. The van der Waals surface area contributed by atoms with E-state index >= 15 is 0 Å². The van der Waals surface area contributed by atoms with Crippen LogP contribution in [0, 0.1) is 13.8 Å². The molecule has 0 unspecified atom stereocenters. The molecule has 1 saturated heterocycles. The van der Waals surface area contributed by atoms with Crippen LogP contribution < -0.4 is 0 Å². The number of carbonyl (C=O) groups is 1. The number of nitrogens with zero attached hydrogens (tertiary/aromatic N) is 2. The first kappa shape index (κ1) is 21.3. The van der Waals surface area contributed by atoms with Crippen molar-refractivity contribution >= 4 is 15.9 Å². The van der Waals surface area contributed by atoms with Gasteiger partial charge in [-0.2, -0.15) is 17.5 Å². The Hall–Kier alpha value is -2.39. The zero-order valence-electron chi connectivity index (χ0n) is 16.0. The molecule has 9 heteroatoms. The number of benzene rings is 2. The summed E-state index contributed by atoms with van der Waals surface area (Å²) in [6.45, 7) is 4.15. The molecule has 5 nitrogen and oxygen atoms in total. The van der Waals surface area contributed by atoms with Gasteiger partial charge in [0.15, 0.2) is 0 Å². The van der Waals surface area contributed by atoms with Gasteiger partial charge in [0.1, 0.15) is 0 Å². The molecule has 3 rings (SSSR count). The normalized spacial score (nSPS) is 16.1. The first-order valence-corrected chi connectivity index (χ1v) is 10.5. The van der Waals surface area contributed by atoms with E-state index in [0.717, 1.165) is 33.6 Å². The van der Waals surface area contributed by atoms with Crippen molar-refractivity contribution in [3.05, 3.63) is 64.7 Å². The minimum Gasteiger partial charge on any atom is -0.336 e. The summed E-state index contributed by atoms with van der Waals surface area (Å²) < 4.78 is 65.4. The molecule has 1 fully saturated rings. The summed E-state index contributed by atoms with van der Waals surface area (Å²) in [5, 5.41) is 0. The highest BCUT2D eigenvalue weighted by Gasteiger charge is 2.34. The molecule has 156 valence electrons. The van der Waals surface area contributed by atoms with E-state index in [1.807, 2.05) is 19.9 Å². The van der Waals surface area contributed by atoms with Crippen molar-refractivity contribution in [2.24, 2.45) is 0 Å². The second-order valence-electron chi connectivity index (χ2n) is 6.97. The summed E-state index contributed by atoms with van der Waals surface area (Å²) >= 11 is 0. The van der Waals surface area contributed by atoms with E-state index in [9.17, 15) is 26.4 Å². The third-order valence-corrected chi connectivity index (χ3v) is 7.05. The van der Waals surface area contributed by atoms with Crippen LogP contribution in [0.5, 0.6) is 0 Å². The van der Waals surface area contributed by atoms with Crippen LogP contribution in [-0.4, -0.2) is 49.7 Å². The van der Waals surface area contributed by atoms with Crippen LogP contribution >= 0.6 is 0 Å². The first-order valence-electron chi connectivity index (χ1n) is 9.05. The summed E-state index contributed by atoms with van der Waals surface area (Å²) in [5.74, 6) is -0.178. The van der Waals surface area contributed by atoms with E-state index in [1.165, 1.54) is 0 Å². The lowest BCUT2D eigenvalue weighted by Crippen LogP contribution is -2.50. The van der Waals surface area contributed by atoms with Crippen molar-refractivity contribution in [1.29, 1.82) is 0 Å². The molecular weight excluding hydrogens is 405 g/mol. The monoisotopic (exact) mass is 426 g/mol. The van der Waals surface area contributed by atoms with E-state index in [0.29, 0.717) is 11.6 Å². The quantitative estimate of drug-likeness (QED) is 0.755. The van der Waals surface area contributed by atoms with E-state index in [-0.39, 0.29) is 32.1 Å². The molecule has 0 atom stereocenters. The van der Waals surface area contributed by atoms with Crippen molar-refractivity contribution in [2.45, 2.75) is 24.9 Å². The maximum atomic E-state index is 12.9. The van der Waals surface area contributed by atoms with Crippen molar-refractivity contribution < 1.29 is 26.4 Å². The van der Waals surface area contributed by atoms with Crippen molar-refractivity contribution in [3.63, 3.8) is 0 Å². The highest BCUT2D eigenvalue weighted by Crippen LogP contribution is 2.31. The number of piperazine rings is 1. The number of hydrogen-bond donors (Lipinski definition) is 0. The molecule has 1 heterocycles. The Morgan fingerprint density at radius 2 is 1.59 bits per heavy atom. The molecule has 1 aliphatic rings. The Kier molecular flexibility index (Phi) is 5.73. The summed E-state index contributed by atoms with van der Waals surface area (Å²) in [4.78, 5) is 14.0. The second kappa shape index (κ2) is 7.79. The van der Waals surface area contributed by atoms with Crippen molar-refractivity contribution in [2.75, 3.05) is 26.2 Å². The average Bonchev–Trinajstić information content (AvgIpc) is 2.69. The molecule has 0 bridgehead atoms. The third-order valence-electron chi connectivity index (χ3n) is 5.16. The molecule has 0 aromatic heterocycles. The minimum absolute atomic E-state index is 0.0230. The Bertz CT molecular complexity index is 1030. The molecule has 0 spiro atoms. The summed E-state index contributed by atoms with van der Waals surface area (Å²) in [5.41, 5.74) is 1.42. The van der Waals surface area contributed by atoms with Crippen LogP contribution in [0.15, 0.2) is 47.4 Å². The number of aryl methyl sites for hydroxylation is 1. The number of sulfonamides is 1. The molecule has 0 N–H and O–H groups in total. The molecule has 1 amide bonds. The summed E-state index contributed by atoms with van der Waals surface area (Å²) in [6, 6.07) is 9.14. The van der Waals surface area contributed by atoms with Gasteiger partial charge in [-0.25, -0.2) is 8.42 Å². The van der Waals surface area contributed by atoms with Crippen LogP contribution in [0.2, 0.25) is 0 Å². The summed E-state index contributed by atoms with van der Waals surface area (Å²) in [6.07, 6.45) is -4.62. The number of carbonyl (C=O) groups excluding carboxylic acids is 1. The zero-order chi connectivity index (χ0) is 21.4. The van der Waals surface area contributed by atoms with Gasteiger partial charge in [-0.3, -0.25) is 4.79 Å². The third kappa shape index (κ3) is 4.30. The van der Waals surface area contributed by atoms with Gasteiger partial charge in [0.25, 0.3) is 5.91 Å². The van der Waals surface area contributed by atoms with E-state index in [1.54, 1.807) is 17.0 Å². The maximum absolute atomic E-state index is 12.9. The van der Waals surface area contributed by atoms with Crippen molar-refractivity contribution in [1.82, 2.24) is 9.21 Å². The van der Waals surface area contributed by atoms with E-state index in [2.05, 4.69) is 0 Å². The Labute approximate surface area is 167 Å². The van der Waals surface area contributed by atoms with Gasteiger partial charge in [-0.15, -0.1) is 0 Å². The lowest BCUT2D eigenvalue weighted by molar-refractivity contribution is -0.137. The van der Waals surface area contributed by atoms with Crippen LogP contribution in [0.3, 0.4) is 0 Å². The first-order chi connectivity index (χ1) is 13.5. The van der Waals surface area contributed by atoms with Gasteiger partial charge in [0, 0.05) is 31.7 Å². The molecule has 2 aromatic carbocycles. The second-order valence-corrected chi connectivity index (χ2v) is 8.91. The Morgan fingerprint density at radius 1 is 0.966 bits per heavy atom. The number of halogens is 3. The average molecular weight is 426 g/mol. The van der Waals surface area contributed by atoms with Crippen LogP contribution in [0.25, 0.3) is 0 Å². The fourth-order valence-electron chi connectivity index (χ4n) is 3.27. The van der Waals surface area contributed by atoms with Gasteiger partial charge in [-0.05, 0) is 49.2 Å². The number of alkyl halides is 3. The van der Waals surface area contributed by atoms with Gasteiger partial charge in [-0.1, -0.05) is 18.2 Å². The van der Waals surface area contributed by atoms with E-state index in [4.69, 9.17) is 0 Å². The topological polar surface area (TPSA) is 57.7 Å². The SMILES string of the molecule is Cc1cccc(C(=O)N2CCN(S(=O)(=O)c3cccc(C(F)(F)F)c3)CC2)c1C. The minimum atomic E-state index is -4.62. The van der Waals surface area contributed by atoms with Gasteiger partial charge in [0.05, 0.1) is 10.5 Å². The molecule has 2 aromatic rings. The molecule has 29 heavy (non-hydrogen) atoms. The predicted octanol–water partition coefficient (Wildman–Crippen LogP) is 3.47. The predicted molar refractivity (Wildman–Crippen MR) is 102 cm³/mol. The molecule has 0 saturated carbocycles. The number of amides is 1. The lowest BCUT2D eigenvalue weighted by Gasteiger charge is -2.34. The molecule has 0 aliphatic carbocycles. The van der Waals surface area contributed by atoms with Crippen LogP contribution in [0.1, 0.15) is 27.0 Å². The van der Waals surface area contributed by atoms with Crippen LogP contribution in [-0.2, 0) is 16.2 Å². The number of hydrogen-bond acceptors (Lipinski definition) is 3. The van der Waals surface area contributed by atoms with Crippen LogP contribution in [0.4, 0.5) is 13.2 Å². The Balaban J connectivity index is 1.75. The van der Waals surface area contributed by atoms with Crippen molar-refractivity contribution in [3.8, 4) is 0 Å². The maximum Gasteiger partial charge on any atom is 0.416 e. The lowest BCUT2D eigenvalue weighted by atomic mass is 10.0. The van der Waals surface area contributed by atoms with Gasteiger partial charge >= 0.3 is 6.18 Å². The van der Waals surface area contributed by atoms with E-state index < -0.39 is 26.7 Å². The summed E-state index contributed by atoms with van der Waals surface area (Å²) in [7, 11) is -4.08. The highest BCUT2D eigenvalue weighted by atomic mass is 32.2. The largest absolute Gasteiger partial charge is 0.416 e. The fourth-order valence-corrected chi connectivity index (χ4v) is 4.74. The number of rotatable bonds is 3. The smallest absolute Gasteiger partial charge is 0.336 e. The van der Waals surface area contributed by atoms with Gasteiger partial charge in [0.2, 0.25) is 10.0 Å². The standard InChI is InChI=1S/C20H21F3N2O3S/c1-14-5-3-8-18(15(14)2)19(26)24-9-11-25(12-10-24)29(27,28)17-7-4-6-16(13-17)20(21,22)23/h3-8,13H,9-12H2,1-2H3. The molecule has 1 aliphatic heterocycles. The Morgan fingerprint density at radius 3 is 2.21 bits per heavy atom.